The average Bonchev–Trinajstić information content (AvgIpc) is 3.19. The van der Waals surface area contributed by atoms with Gasteiger partial charge in [0, 0.05) is 11.3 Å². The maximum atomic E-state index is 12.9. The van der Waals surface area contributed by atoms with Crippen molar-refractivity contribution >= 4 is 17.4 Å². The SMILES string of the molecule is Cc1ccc(N[C@@H](NC(=O)c2ccco2)C(=O)c2ccccc2)cc1C. The van der Waals surface area contributed by atoms with E-state index in [0.29, 0.717) is 5.56 Å². The maximum absolute atomic E-state index is 12.9. The van der Waals surface area contributed by atoms with Gasteiger partial charge in [0.25, 0.3) is 5.91 Å². The summed E-state index contributed by atoms with van der Waals surface area (Å²) in [6.07, 6.45) is 0.497. The number of anilines is 1. The first-order valence-electron chi connectivity index (χ1n) is 8.32. The molecule has 0 aliphatic carbocycles. The molecule has 0 spiro atoms. The van der Waals surface area contributed by atoms with Crippen LogP contribution in [0.25, 0.3) is 0 Å². The summed E-state index contributed by atoms with van der Waals surface area (Å²) in [5, 5.41) is 5.82. The maximum Gasteiger partial charge on any atom is 0.288 e. The number of rotatable bonds is 6. The first-order chi connectivity index (χ1) is 12.5. The molecule has 26 heavy (non-hydrogen) atoms. The van der Waals surface area contributed by atoms with Gasteiger partial charge in [-0.25, -0.2) is 0 Å². The van der Waals surface area contributed by atoms with Crippen molar-refractivity contribution < 1.29 is 14.0 Å². The number of Topliss-reactive ketones (excluding diaryl/α,β-unsaturated/α-hetero) is 1. The molecule has 5 nitrogen and oxygen atoms in total. The van der Waals surface area contributed by atoms with E-state index in [9.17, 15) is 9.59 Å². The fourth-order valence-corrected chi connectivity index (χ4v) is 2.54. The summed E-state index contributed by atoms with van der Waals surface area (Å²) in [4.78, 5) is 25.3. The van der Waals surface area contributed by atoms with Crippen LogP contribution in [0.4, 0.5) is 5.69 Å². The quantitative estimate of drug-likeness (QED) is 0.523. The molecule has 0 aliphatic rings. The van der Waals surface area contributed by atoms with E-state index in [-0.39, 0.29) is 11.5 Å². The minimum absolute atomic E-state index is 0.151. The predicted octanol–water partition coefficient (Wildman–Crippen LogP) is 3.95. The lowest BCUT2D eigenvalue weighted by Gasteiger charge is -2.20. The van der Waals surface area contributed by atoms with Crippen molar-refractivity contribution in [3.63, 3.8) is 0 Å². The Morgan fingerprint density at radius 1 is 0.923 bits per heavy atom. The van der Waals surface area contributed by atoms with Gasteiger partial charge in [-0.2, -0.15) is 0 Å². The Kier molecular flexibility index (Phi) is 5.17. The normalized spacial score (nSPS) is 11.6. The third-order valence-corrected chi connectivity index (χ3v) is 4.16. The van der Waals surface area contributed by atoms with Gasteiger partial charge in [-0.15, -0.1) is 0 Å². The second kappa shape index (κ2) is 7.70. The van der Waals surface area contributed by atoms with E-state index in [1.807, 2.05) is 38.1 Å². The lowest BCUT2D eigenvalue weighted by Crippen LogP contribution is -2.46. The van der Waals surface area contributed by atoms with E-state index in [1.165, 1.54) is 6.26 Å². The number of carbonyl (C=O) groups excluding carboxylic acids is 2. The Labute approximate surface area is 152 Å². The number of furan rings is 1. The molecule has 1 atom stereocenters. The number of hydrogen-bond acceptors (Lipinski definition) is 4. The largest absolute Gasteiger partial charge is 0.459 e. The number of nitrogens with one attached hydrogen (secondary N) is 2. The molecule has 0 radical (unpaired) electrons. The van der Waals surface area contributed by atoms with Crippen LogP contribution in [0.1, 0.15) is 32.0 Å². The van der Waals surface area contributed by atoms with E-state index < -0.39 is 12.1 Å². The van der Waals surface area contributed by atoms with Crippen LogP contribution < -0.4 is 10.6 Å². The Morgan fingerprint density at radius 3 is 2.35 bits per heavy atom. The van der Waals surface area contributed by atoms with Crippen molar-refractivity contribution in [2.75, 3.05) is 5.32 Å². The summed E-state index contributed by atoms with van der Waals surface area (Å²) < 4.78 is 5.12. The molecule has 132 valence electrons. The van der Waals surface area contributed by atoms with Crippen LogP contribution in [0.3, 0.4) is 0 Å². The van der Waals surface area contributed by atoms with Gasteiger partial charge in [-0.3, -0.25) is 9.59 Å². The Hall–Kier alpha value is -3.34. The molecule has 3 rings (SSSR count). The van der Waals surface area contributed by atoms with Gasteiger partial charge >= 0.3 is 0 Å². The van der Waals surface area contributed by atoms with Crippen molar-refractivity contribution in [2.24, 2.45) is 0 Å². The first kappa shape index (κ1) is 17.5. The second-order valence-electron chi connectivity index (χ2n) is 6.06. The second-order valence-corrected chi connectivity index (χ2v) is 6.06. The van der Waals surface area contributed by atoms with E-state index in [1.54, 1.807) is 36.4 Å². The van der Waals surface area contributed by atoms with Gasteiger partial charge in [0.1, 0.15) is 0 Å². The van der Waals surface area contributed by atoms with Gasteiger partial charge in [-0.1, -0.05) is 36.4 Å². The van der Waals surface area contributed by atoms with Gasteiger partial charge in [-0.05, 0) is 49.2 Å². The fourth-order valence-electron chi connectivity index (χ4n) is 2.54. The van der Waals surface area contributed by atoms with Crippen molar-refractivity contribution in [2.45, 2.75) is 20.0 Å². The molecule has 3 aromatic rings. The van der Waals surface area contributed by atoms with Crippen LogP contribution in [-0.4, -0.2) is 17.9 Å². The van der Waals surface area contributed by atoms with Gasteiger partial charge in [0.15, 0.2) is 11.9 Å². The number of aryl methyl sites for hydroxylation is 2. The Balaban J connectivity index is 1.86. The lowest BCUT2D eigenvalue weighted by atomic mass is 10.1. The van der Waals surface area contributed by atoms with Crippen LogP contribution in [0.2, 0.25) is 0 Å². The van der Waals surface area contributed by atoms with E-state index in [2.05, 4.69) is 10.6 Å². The van der Waals surface area contributed by atoms with Crippen molar-refractivity contribution in [3.05, 3.63) is 89.4 Å². The molecular formula is C21H20N2O3. The zero-order valence-electron chi connectivity index (χ0n) is 14.7. The standard InChI is InChI=1S/C21H20N2O3/c1-14-10-11-17(13-15(14)2)22-20(19(24)16-7-4-3-5-8-16)23-21(25)18-9-6-12-26-18/h3-13,20,22H,1-2H3,(H,23,25)/t20-/m0/s1. The van der Waals surface area contributed by atoms with E-state index in [4.69, 9.17) is 4.42 Å². The summed E-state index contributed by atoms with van der Waals surface area (Å²) in [7, 11) is 0. The number of carbonyl (C=O) groups is 2. The first-order valence-corrected chi connectivity index (χ1v) is 8.32. The van der Waals surface area contributed by atoms with Crippen molar-refractivity contribution in [1.29, 1.82) is 0 Å². The summed E-state index contributed by atoms with van der Waals surface area (Å²) in [6, 6.07) is 17.8. The number of benzene rings is 2. The Bertz CT molecular complexity index is 902. The molecule has 1 aromatic heterocycles. The zero-order chi connectivity index (χ0) is 18.5. The van der Waals surface area contributed by atoms with E-state index >= 15 is 0 Å². The highest BCUT2D eigenvalue weighted by Gasteiger charge is 2.23. The fraction of sp³-hybridized carbons (Fsp3) is 0.143. The summed E-state index contributed by atoms with van der Waals surface area (Å²) in [6.45, 7) is 4.01. The molecule has 0 fully saturated rings. The molecule has 1 amide bonds. The predicted molar refractivity (Wildman–Crippen MR) is 100 cm³/mol. The minimum atomic E-state index is -0.919. The molecule has 0 unspecified atom stereocenters. The van der Waals surface area contributed by atoms with Crippen LogP contribution in [0, 0.1) is 13.8 Å². The van der Waals surface area contributed by atoms with Gasteiger partial charge in [0.05, 0.1) is 6.26 Å². The molecule has 0 bridgehead atoms. The lowest BCUT2D eigenvalue weighted by molar-refractivity contribution is 0.0853. The highest BCUT2D eigenvalue weighted by Crippen LogP contribution is 2.16. The molecular weight excluding hydrogens is 328 g/mol. The highest BCUT2D eigenvalue weighted by molar-refractivity contribution is 6.04. The summed E-state index contributed by atoms with van der Waals surface area (Å²) in [5.41, 5.74) is 3.51. The Morgan fingerprint density at radius 2 is 1.69 bits per heavy atom. The molecule has 0 aliphatic heterocycles. The summed E-state index contributed by atoms with van der Waals surface area (Å²) >= 11 is 0. The smallest absolute Gasteiger partial charge is 0.288 e. The minimum Gasteiger partial charge on any atom is -0.459 e. The number of ketones is 1. The van der Waals surface area contributed by atoms with E-state index in [0.717, 1.165) is 16.8 Å². The van der Waals surface area contributed by atoms with Crippen LogP contribution in [0.5, 0.6) is 0 Å². The molecule has 2 aromatic carbocycles. The van der Waals surface area contributed by atoms with Gasteiger partial charge < -0.3 is 15.1 Å². The molecule has 2 N–H and O–H groups in total. The molecule has 0 saturated carbocycles. The summed E-state index contributed by atoms with van der Waals surface area (Å²) in [5.74, 6) is -0.540. The van der Waals surface area contributed by atoms with Crippen molar-refractivity contribution in [3.8, 4) is 0 Å². The number of hydrogen-bond donors (Lipinski definition) is 2. The molecule has 5 heteroatoms. The zero-order valence-corrected chi connectivity index (χ0v) is 14.7. The van der Waals surface area contributed by atoms with Crippen LogP contribution in [-0.2, 0) is 0 Å². The number of amides is 1. The molecule has 1 heterocycles. The van der Waals surface area contributed by atoms with Crippen molar-refractivity contribution in [1.82, 2.24) is 5.32 Å². The molecule has 0 saturated heterocycles. The van der Waals surface area contributed by atoms with Crippen LogP contribution >= 0.6 is 0 Å². The monoisotopic (exact) mass is 348 g/mol. The van der Waals surface area contributed by atoms with Crippen LogP contribution in [0.15, 0.2) is 71.3 Å². The third-order valence-electron chi connectivity index (χ3n) is 4.16. The highest BCUT2D eigenvalue weighted by atomic mass is 16.3. The average molecular weight is 348 g/mol. The topological polar surface area (TPSA) is 71.3 Å². The van der Waals surface area contributed by atoms with Gasteiger partial charge in [0.2, 0.25) is 5.78 Å². The third kappa shape index (κ3) is 4.00.